The van der Waals surface area contributed by atoms with Gasteiger partial charge in [0, 0.05) is 10.5 Å². The van der Waals surface area contributed by atoms with E-state index in [2.05, 4.69) is 34.2 Å². The summed E-state index contributed by atoms with van der Waals surface area (Å²) in [7, 11) is 0. The highest BCUT2D eigenvalue weighted by molar-refractivity contribution is 9.10. The van der Waals surface area contributed by atoms with Crippen LogP contribution in [0.25, 0.3) is 0 Å². The van der Waals surface area contributed by atoms with Crippen molar-refractivity contribution in [3.63, 3.8) is 0 Å². The predicted octanol–water partition coefficient (Wildman–Crippen LogP) is 5.93. The molecule has 1 unspecified atom stereocenters. The first-order valence-corrected chi connectivity index (χ1v) is 7.09. The lowest BCUT2D eigenvalue weighted by Gasteiger charge is -2.19. The summed E-state index contributed by atoms with van der Waals surface area (Å²) in [5, 5.41) is 4.59. The molecule has 0 amide bonds. The van der Waals surface area contributed by atoms with Gasteiger partial charge in [-0.25, -0.2) is 0 Å². The molecule has 4 heteroatoms. The van der Waals surface area contributed by atoms with Gasteiger partial charge in [0.25, 0.3) is 0 Å². The van der Waals surface area contributed by atoms with Gasteiger partial charge in [-0.3, -0.25) is 0 Å². The van der Waals surface area contributed by atoms with Gasteiger partial charge in [0.05, 0.1) is 15.7 Å². The minimum Gasteiger partial charge on any atom is -0.376 e. The van der Waals surface area contributed by atoms with E-state index in [1.165, 1.54) is 0 Å². The lowest BCUT2D eigenvalue weighted by molar-refractivity contribution is 0.879. The van der Waals surface area contributed by atoms with Gasteiger partial charge < -0.3 is 5.32 Å². The molecule has 0 bridgehead atoms. The van der Waals surface area contributed by atoms with Crippen LogP contribution in [0, 0.1) is 0 Å². The molecule has 2 rings (SSSR count). The fraction of sp³-hybridized carbons (Fsp3) is 0.143. The minimum absolute atomic E-state index is 0.109. The van der Waals surface area contributed by atoms with Crippen LogP contribution in [0.3, 0.4) is 0 Å². The van der Waals surface area contributed by atoms with Crippen molar-refractivity contribution in [1.29, 1.82) is 0 Å². The third kappa shape index (κ3) is 3.00. The van der Waals surface area contributed by atoms with Gasteiger partial charge in [-0.2, -0.15) is 0 Å². The Hall–Kier alpha value is -0.700. The zero-order valence-electron chi connectivity index (χ0n) is 9.75. The van der Waals surface area contributed by atoms with Gasteiger partial charge in [-0.1, -0.05) is 63.4 Å². The maximum absolute atomic E-state index is 6.14. The molecule has 1 nitrogen and oxygen atoms in total. The maximum atomic E-state index is 6.14. The summed E-state index contributed by atoms with van der Waals surface area (Å²) in [6, 6.07) is 13.7. The highest BCUT2D eigenvalue weighted by atomic mass is 79.9. The van der Waals surface area contributed by atoms with E-state index in [9.17, 15) is 0 Å². The summed E-state index contributed by atoms with van der Waals surface area (Å²) in [5.74, 6) is 0. The first-order chi connectivity index (χ1) is 8.59. The van der Waals surface area contributed by atoms with Crippen molar-refractivity contribution in [1.82, 2.24) is 0 Å². The van der Waals surface area contributed by atoms with Crippen molar-refractivity contribution in [2.45, 2.75) is 13.0 Å². The van der Waals surface area contributed by atoms with E-state index in [1.54, 1.807) is 0 Å². The second-order valence-electron chi connectivity index (χ2n) is 3.98. The molecule has 0 heterocycles. The molecule has 94 valence electrons. The molecule has 0 aliphatic carbocycles. The third-order valence-corrected chi connectivity index (χ3v) is 4.05. The predicted molar refractivity (Wildman–Crippen MR) is 82.6 cm³/mol. The Morgan fingerprint density at radius 3 is 2.22 bits per heavy atom. The molecule has 0 saturated heterocycles. The largest absolute Gasteiger partial charge is 0.376 e. The smallest absolute Gasteiger partial charge is 0.0723 e. The fourth-order valence-electron chi connectivity index (χ4n) is 1.76. The molecule has 1 atom stereocenters. The zero-order valence-corrected chi connectivity index (χ0v) is 12.9. The number of hydrogen-bond acceptors (Lipinski definition) is 1. The number of nitrogens with one attached hydrogen (secondary N) is 1. The Morgan fingerprint density at radius 2 is 1.61 bits per heavy atom. The van der Waals surface area contributed by atoms with E-state index in [-0.39, 0.29) is 6.04 Å². The van der Waals surface area contributed by atoms with Crippen molar-refractivity contribution >= 4 is 44.8 Å². The summed E-state index contributed by atoms with van der Waals surface area (Å²) < 4.78 is 1.06. The number of benzene rings is 2. The van der Waals surface area contributed by atoms with Crippen LogP contribution in [0.1, 0.15) is 18.5 Å². The van der Waals surface area contributed by atoms with Gasteiger partial charge in [0.2, 0.25) is 0 Å². The number of anilines is 1. The van der Waals surface area contributed by atoms with Gasteiger partial charge in [0.15, 0.2) is 0 Å². The second kappa shape index (κ2) is 5.96. The van der Waals surface area contributed by atoms with Gasteiger partial charge in [0.1, 0.15) is 0 Å². The average Bonchev–Trinajstić information content (AvgIpc) is 2.34. The molecule has 0 aromatic heterocycles. The van der Waals surface area contributed by atoms with Crippen LogP contribution in [0.4, 0.5) is 5.69 Å². The minimum atomic E-state index is 0.109. The van der Waals surface area contributed by atoms with Crippen LogP contribution in [0.5, 0.6) is 0 Å². The third-order valence-electron chi connectivity index (χ3n) is 2.70. The summed E-state index contributed by atoms with van der Waals surface area (Å²) in [6.07, 6.45) is 0. The fourth-order valence-corrected chi connectivity index (χ4v) is 2.89. The van der Waals surface area contributed by atoms with Crippen LogP contribution in [-0.4, -0.2) is 0 Å². The standard InChI is InChI=1S/C14H12BrCl2N/c1-9(10-5-2-3-6-11(10)15)18-14-12(16)7-4-8-13(14)17/h2-9,18H,1H3. The highest BCUT2D eigenvalue weighted by Gasteiger charge is 2.12. The van der Waals surface area contributed by atoms with E-state index < -0.39 is 0 Å². The molecule has 0 aliphatic rings. The van der Waals surface area contributed by atoms with Crippen LogP contribution in [0.2, 0.25) is 10.0 Å². The molecule has 0 fully saturated rings. The maximum Gasteiger partial charge on any atom is 0.0723 e. The first kappa shape index (κ1) is 13.7. The van der Waals surface area contributed by atoms with Crippen molar-refractivity contribution in [3.8, 4) is 0 Å². The highest BCUT2D eigenvalue weighted by Crippen LogP contribution is 2.34. The van der Waals surface area contributed by atoms with E-state index in [0.29, 0.717) is 10.0 Å². The summed E-state index contributed by atoms with van der Waals surface area (Å²) in [4.78, 5) is 0. The van der Waals surface area contributed by atoms with Gasteiger partial charge in [-0.05, 0) is 30.7 Å². The molecule has 18 heavy (non-hydrogen) atoms. The van der Waals surface area contributed by atoms with Crippen LogP contribution in [0.15, 0.2) is 46.9 Å². The normalized spacial score (nSPS) is 12.2. The van der Waals surface area contributed by atoms with Crippen LogP contribution >= 0.6 is 39.1 Å². The van der Waals surface area contributed by atoms with Crippen molar-refractivity contribution in [3.05, 3.63) is 62.5 Å². The molecule has 1 N–H and O–H groups in total. The monoisotopic (exact) mass is 343 g/mol. The van der Waals surface area contributed by atoms with E-state index in [4.69, 9.17) is 23.2 Å². The molecule has 0 aliphatic heterocycles. The van der Waals surface area contributed by atoms with Crippen molar-refractivity contribution in [2.75, 3.05) is 5.32 Å². The Labute approximate surface area is 125 Å². The number of rotatable bonds is 3. The number of halogens is 3. The Balaban J connectivity index is 2.27. The van der Waals surface area contributed by atoms with Crippen molar-refractivity contribution < 1.29 is 0 Å². The average molecular weight is 345 g/mol. The van der Waals surface area contributed by atoms with Gasteiger partial charge in [-0.15, -0.1) is 0 Å². The lowest BCUT2D eigenvalue weighted by Crippen LogP contribution is -2.08. The van der Waals surface area contributed by atoms with Crippen LogP contribution in [-0.2, 0) is 0 Å². The lowest BCUT2D eigenvalue weighted by atomic mass is 10.1. The Morgan fingerprint density at radius 1 is 1.00 bits per heavy atom. The summed E-state index contributed by atoms with van der Waals surface area (Å²) in [5.41, 5.74) is 1.93. The molecule has 2 aromatic rings. The van der Waals surface area contributed by atoms with Gasteiger partial charge >= 0.3 is 0 Å². The second-order valence-corrected chi connectivity index (χ2v) is 5.65. The Kier molecular flexibility index (Phi) is 4.55. The molecule has 0 saturated carbocycles. The molecule has 2 aromatic carbocycles. The summed E-state index contributed by atoms with van der Waals surface area (Å²) in [6.45, 7) is 2.07. The van der Waals surface area contributed by atoms with Crippen molar-refractivity contribution in [2.24, 2.45) is 0 Å². The zero-order chi connectivity index (χ0) is 13.1. The van der Waals surface area contributed by atoms with E-state index in [1.807, 2.05) is 36.4 Å². The van der Waals surface area contributed by atoms with Crippen LogP contribution < -0.4 is 5.32 Å². The molecular weight excluding hydrogens is 333 g/mol. The topological polar surface area (TPSA) is 12.0 Å². The molecule has 0 radical (unpaired) electrons. The first-order valence-electron chi connectivity index (χ1n) is 5.54. The molecule has 0 spiro atoms. The summed E-state index contributed by atoms with van der Waals surface area (Å²) >= 11 is 15.8. The van der Waals surface area contributed by atoms with E-state index >= 15 is 0 Å². The quantitative estimate of drug-likeness (QED) is 0.727. The number of hydrogen-bond donors (Lipinski definition) is 1. The SMILES string of the molecule is CC(Nc1c(Cl)cccc1Cl)c1ccccc1Br. The Bertz CT molecular complexity index is 537. The molecular formula is C14H12BrCl2N. The van der Waals surface area contributed by atoms with E-state index in [0.717, 1.165) is 15.7 Å². The number of para-hydroxylation sites is 1.